The van der Waals surface area contributed by atoms with Gasteiger partial charge in [-0.3, -0.25) is 4.79 Å². The molecule has 2 N–H and O–H groups in total. The van der Waals surface area contributed by atoms with Crippen molar-refractivity contribution in [1.82, 2.24) is 0 Å². The zero-order valence-electron chi connectivity index (χ0n) is 10.4. The van der Waals surface area contributed by atoms with Gasteiger partial charge >= 0.3 is 18.3 Å². The molecule has 0 unspecified atom stereocenters. The molecule has 0 atom stereocenters. The van der Waals surface area contributed by atoms with Crippen LogP contribution in [-0.4, -0.2) is 17.0 Å². The molecule has 1 aromatic rings. The van der Waals surface area contributed by atoms with Gasteiger partial charge in [0.15, 0.2) is 0 Å². The molecule has 0 aliphatic rings. The lowest BCUT2D eigenvalue weighted by atomic mass is 10.1. The van der Waals surface area contributed by atoms with Crippen LogP contribution in [0.15, 0.2) is 30.4 Å². The normalized spacial score (nSPS) is 12.5. The fourth-order valence-corrected chi connectivity index (χ4v) is 1.36. The number of rotatable bonds is 3. The maximum atomic E-state index is 12.6. The molecule has 22 heavy (non-hydrogen) atoms. The van der Waals surface area contributed by atoms with Crippen molar-refractivity contribution in [3.05, 3.63) is 41.5 Å². The summed E-state index contributed by atoms with van der Waals surface area (Å²) in [6.07, 6.45) is -9.25. The Labute approximate surface area is 119 Å². The van der Waals surface area contributed by atoms with Crippen LogP contribution in [0.2, 0.25) is 0 Å². The predicted octanol–water partition coefficient (Wildman–Crippen LogP) is 3.30. The molecule has 1 rings (SSSR count). The lowest BCUT2D eigenvalue weighted by Crippen LogP contribution is -2.14. The Kier molecular flexibility index (Phi) is 4.84. The number of carbonyl (C=O) groups excluding carboxylic acids is 1. The highest BCUT2D eigenvalue weighted by Crippen LogP contribution is 2.37. The molecule has 1 aromatic carbocycles. The van der Waals surface area contributed by atoms with Gasteiger partial charge in [0.1, 0.15) is 0 Å². The van der Waals surface area contributed by atoms with Crippen LogP contribution >= 0.6 is 0 Å². The Morgan fingerprint density at radius 3 is 1.73 bits per heavy atom. The van der Waals surface area contributed by atoms with Crippen molar-refractivity contribution in [1.29, 1.82) is 0 Å². The summed E-state index contributed by atoms with van der Waals surface area (Å²) in [6.45, 7) is 0. The van der Waals surface area contributed by atoms with Crippen molar-refractivity contribution < 1.29 is 41.0 Å². The minimum atomic E-state index is -5.04. The van der Waals surface area contributed by atoms with Crippen LogP contribution in [0.1, 0.15) is 11.1 Å². The number of carbonyl (C=O) groups is 2. The van der Waals surface area contributed by atoms with E-state index in [-0.39, 0.29) is 6.07 Å². The first kappa shape index (κ1) is 17.5. The Balaban J connectivity index is 3.19. The van der Waals surface area contributed by atoms with Gasteiger partial charge in [0.25, 0.3) is 0 Å². The first-order valence-electron chi connectivity index (χ1n) is 5.41. The number of hydrogen-bond donors (Lipinski definition) is 2. The molecule has 0 fully saturated rings. The standard InChI is InChI=1S/C12H7F6NO3/c13-11(14,15)6-3-7(12(16,17)18)5-8(4-6)19-9(20)1-2-10(21)22/h1-5H,(H,19,20)(H,21,22)/b2-1+. The number of nitrogens with one attached hydrogen (secondary N) is 1. The number of halogens is 6. The van der Waals surface area contributed by atoms with E-state index >= 15 is 0 Å². The summed E-state index contributed by atoms with van der Waals surface area (Å²) >= 11 is 0. The summed E-state index contributed by atoms with van der Waals surface area (Å²) < 4.78 is 75.3. The summed E-state index contributed by atoms with van der Waals surface area (Å²) in [5.41, 5.74) is -3.96. The van der Waals surface area contributed by atoms with Crippen molar-refractivity contribution >= 4 is 17.6 Å². The zero-order chi connectivity index (χ0) is 17.1. The van der Waals surface area contributed by atoms with Crippen molar-refractivity contribution in [2.75, 3.05) is 5.32 Å². The highest BCUT2D eigenvalue weighted by Gasteiger charge is 2.37. The smallest absolute Gasteiger partial charge is 0.416 e. The van der Waals surface area contributed by atoms with Crippen LogP contribution < -0.4 is 5.32 Å². The van der Waals surface area contributed by atoms with Crippen LogP contribution in [0, 0.1) is 0 Å². The number of hydrogen-bond acceptors (Lipinski definition) is 2. The Morgan fingerprint density at radius 2 is 1.36 bits per heavy atom. The highest BCUT2D eigenvalue weighted by atomic mass is 19.4. The first-order valence-corrected chi connectivity index (χ1v) is 5.41. The summed E-state index contributed by atoms with van der Waals surface area (Å²) in [5.74, 6) is -2.69. The molecule has 120 valence electrons. The molecular weight excluding hydrogens is 320 g/mol. The topological polar surface area (TPSA) is 66.4 Å². The Hall–Kier alpha value is -2.52. The van der Waals surface area contributed by atoms with Crippen molar-refractivity contribution in [3.8, 4) is 0 Å². The minimum Gasteiger partial charge on any atom is -0.478 e. The molecular formula is C12H7F6NO3. The Morgan fingerprint density at radius 1 is 0.909 bits per heavy atom. The van der Waals surface area contributed by atoms with Gasteiger partial charge in [-0.2, -0.15) is 26.3 Å². The van der Waals surface area contributed by atoms with Gasteiger partial charge in [-0.05, 0) is 18.2 Å². The van der Waals surface area contributed by atoms with Crippen molar-refractivity contribution in [2.45, 2.75) is 12.4 Å². The van der Waals surface area contributed by atoms with Crippen LogP contribution in [0.5, 0.6) is 0 Å². The fraction of sp³-hybridized carbons (Fsp3) is 0.167. The summed E-state index contributed by atoms with van der Waals surface area (Å²) in [5, 5.41) is 10.00. The van der Waals surface area contributed by atoms with E-state index in [2.05, 4.69) is 0 Å². The molecule has 1 amide bonds. The summed E-state index contributed by atoms with van der Waals surface area (Å²) in [7, 11) is 0. The quantitative estimate of drug-likeness (QED) is 0.661. The number of alkyl halides is 6. The second kappa shape index (κ2) is 6.08. The van der Waals surface area contributed by atoms with E-state index in [9.17, 15) is 35.9 Å². The minimum absolute atomic E-state index is 0.0945. The highest BCUT2D eigenvalue weighted by molar-refractivity contribution is 6.02. The maximum absolute atomic E-state index is 12.6. The van der Waals surface area contributed by atoms with Crippen LogP contribution in [0.25, 0.3) is 0 Å². The molecule has 0 heterocycles. The van der Waals surface area contributed by atoms with E-state index in [1.165, 1.54) is 0 Å². The molecule has 0 aliphatic carbocycles. The number of aliphatic carboxylic acids is 1. The van der Waals surface area contributed by atoms with Crippen LogP contribution in [-0.2, 0) is 21.9 Å². The third kappa shape index (κ3) is 5.11. The summed E-state index contributed by atoms with van der Waals surface area (Å²) in [4.78, 5) is 21.4. The third-order valence-corrected chi connectivity index (χ3v) is 2.23. The molecule has 10 heteroatoms. The van der Waals surface area contributed by atoms with Gasteiger partial charge in [0.05, 0.1) is 11.1 Å². The number of benzene rings is 1. The second-order valence-corrected chi connectivity index (χ2v) is 3.96. The van der Waals surface area contributed by atoms with Gasteiger partial charge < -0.3 is 10.4 Å². The van der Waals surface area contributed by atoms with E-state index in [1.807, 2.05) is 0 Å². The average Bonchev–Trinajstić information content (AvgIpc) is 2.34. The molecule has 0 spiro atoms. The maximum Gasteiger partial charge on any atom is 0.416 e. The number of carboxylic acid groups (broad SMARTS) is 1. The van der Waals surface area contributed by atoms with Gasteiger partial charge in [0, 0.05) is 17.8 Å². The van der Waals surface area contributed by atoms with E-state index in [0.29, 0.717) is 24.3 Å². The molecule has 0 aliphatic heterocycles. The fourth-order valence-electron chi connectivity index (χ4n) is 1.36. The van der Waals surface area contributed by atoms with E-state index in [4.69, 9.17) is 5.11 Å². The molecule has 0 bridgehead atoms. The van der Waals surface area contributed by atoms with Crippen LogP contribution in [0.3, 0.4) is 0 Å². The van der Waals surface area contributed by atoms with Crippen LogP contribution in [0.4, 0.5) is 32.0 Å². The predicted molar refractivity (Wildman–Crippen MR) is 61.9 cm³/mol. The zero-order valence-corrected chi connectivity index (χ0v) is 10.4. The second-order valence-electron chi connectivity index (χ2n) is 3.96. The molecule has 0 saturated heterocycles. The van der Waals surface area contributed by atoms with Gasteiger partial charge in [-0.1, -0.05) is 0 Å². The Bertz CT molecular complexity index is 586. The number of anilines is 1. The van der Waals surface area contributed by atoms with Crippen molar-refractivity contribution in [3.63, 3.8) is 0 Å². The molecule has 0 radical (unpaired) electrons. The van der Waals surface area contributed by atoms with Gasteiger partial charge in [0.2, 0.25) is 5.91 Å². The monoisotopic (exact) mass is 327 g/mol. The van der Waals surface area contributed by atoms with Gasteiger partial charge in [-0.15, -0.1) is 0 Å². The molecule has 0 aromatic heterocycles. The largest absolute Gasteiger partial charge is 0.478 e. The number of amides is 1. The lowest BCUT2D eigenvalue weighted by Gasteiger charge is -2.14. The van der Waals surface area contributed by atoms with E-state index in [0.717, 1.165) is 0 Å². The molecule has 4 nitrogen and oxygen atoms in total. The van der Waals surface area contributed by atoms with E-state index < -0.39 is 41.0 Å². The van der Waals surface area contributed by atoms with Crippen molar-refractivity contribution in [2.24, 2.45) is 0 Å². The SMILES string of the molecule is O=C(O)/C=C/C(=O)Nc1cc(C(F)(F)F)cc(C(F)(F)F)c1. The summed E-state index contributed by atoms with van der Waals surface area (Å²) in [6, 6.07) is 0.520. The third-order valence-electron chi connectivity index (χ3n) is 2.23. The average molecular weight is 327 g/mol. The van der Waals surface area contributed by atoms with Gasteiger partial charge in [-0.25, -0.2) is 4.79 Å². The molecule has 0 saturated carbocycles. The lowest BCUT2D eigenvalue weighted by molar-refractivity contribution is -0.143. The number of carboxylic acids is 1. The van der Waals surface area contributed by atoms with E-state index in [1.54, 1.807) is 5.32 Å². The first-order chi connectivity index (χ1) is 9.89.